The SMILES string of the molecule is CCCCNC(=O)[C@H](Cc1ccccc1)N(Cc1c(Cl)cccc1Cl)C(=O)CN(c1ccc(C)cc1C)S(C)(=O)=O. The Labute approximate surface area is 253 Å². The third kappa shape index (κ3) is 8.96. The first-order chi connectivity index (χ1) is 19.4. The number of aryl methyl sites for hydroxylation is 2. The molecular weight excluding hydrogens is 581 g/mol. The fourth-order valence-corrected chi connectivity index (χ4v) is 6.02. The van der Waals surface area contributed by atoms with E-state index in [9.17, 15) is 18.0 Å². The average molecular weight is 619 g/mol. The van der Waals surface area contributed by atoms with Gasteiger partial charge >= 0.3 is 0 Å². The molecule has 0 bridgehead atoms. The number of carbonyl (C=O) groups is 2. The van der Waals surface area contributed by atoms with Gasteiger partial charge in [-0.05, 0) is 49.6 Å². The number of sulfonamides is 1. The normalized spacial score (nSPS) is 12.0. The van der Waals surface area contributed by atoms with Crippen LogP contribution in [0.3, 0.4) is 0 Å². The van der Waals surface area contributed by atoms with Gasteiger partial charge in [0.15, 0.2) is 0 Å². The lowest BCUT2D eigenvalue weighted by atomic mass is 10.0. The zero-order valence-electron chi connectivity index (χ0n) is 23.9. The molecule has 0 spiro atoms. The van der Waals surface area contributed by atoms with Crippen LogP contribution in [-0.4, -0.2) is 50.5 Å². The predicted molar refractivity (Wildman–Crippen MR) is 167 cm³/mol. The highest BCUT2D eigenvalue weighted by Crippen LogP contribution is 2.28. The Morgan fingerprint density at radius 3 is 2.20 bits per heavy atom. The number of carbonyl (C=O) groups excluding carboxylic acids is 2. The van der Waals surface area contributed by atoms with Gasteiger partial charge in [0.2, 0.25) is 21.8 Å². The zero-order chi connectivity index (χ0) is 30.2. The fourth-order valence-electron chi connectivity index (χ4n) is 4.59. The summed E-state index contributed by atoms with van der Waals surface area (Å²) in [6, 6.07) is 18.8. The number of hydrogen-bond donors (Lipinski definition) is 1. The maximum absolute atomic E-state index is 14.2. The number of rotatable bonds is 13. The Morgan fingerprint density at radius 2 is 1.61 bits per heavy atom. The van der Waals surface area contributed by atoms with E-state index in [0.717, 1.165) is 34.5 Å². The molecule has 3 aromatic carbocycles. The van der Waals surface area contributed by atoms with Crippen molar-refractivity contribution in [2.75, 3.05) is 23.7 Å². The van der Waals surface area contributed by atoms with Crippen LogP contribution in [0.15, 0.2) is 66.7 Å². The lowest BCUT2D eigenvalue weighted by molar-refractivity contribution is -0.140. The summed E-state index contributed by atoms with van der Waals surface area (Å²) >= 11 is 13.0. The predicted octanol–water partition coefficient (Wildman–Crippen LogP) is 5.93. The van der Waals surface area contributed by atoms with Gasteiger partial charge < -0.3 is 10.2 Å². The van der Waals surface area contributed by atoms with Gasteiger partial charge in [-0.2, -0.15) is 0 Å². The summed E-state index contributed by atoms with van der Waals surface area (Å²) in [7, 11) is -3.86. The summed E-state index contributed by atoms with van der Waals surface area (Å²) in [4.78, 5) is 29.3. The van der Waals surface area contributed by atoms with E-state index >= 15 is 0 Å². The molecule has 41 heavy (non-hydrogen) atoms. The molecule has 220 valence electrons. The molecular formula is C31H37Cl2N3O4S. The number of nitrogens with one attached hydrogen (secondary N) is 1. The number of nitrogens with zero attached hydrogens (tertiary/aromatic N) is 2. The third-order valence-corrected chi connectivity index (χ3v) is 8.63. The first-order valence-corrected chi connectivity index (χ1v) is 16.1. The second-order valence-electron chi connectivity index (χ2n) is 10.1. The molecule has 0 aromatic heterocycles. The number of unbranched alkanes of at least 4 members (excludes halogenated alkanes) is 1. The highest BCUT2D eigenvalue weighted by molar-refractivity contribution is 7.92. The van der Waals surface area contributed by atoms with Crippen LogP contribution in [0.1, 0.15) is 42.0 Å². The van der Waals surface area contributed by atoms with Crippen LogP contribution < -0.4 is 9.62 Å². The van der Waals surface area contributed by atoms with E-state index in [1.54, 1.807) is 37.3 Å². The summed E-state index contributed by atoms with van der Waals surface area (Å²) in [6.45, 7) is 5.60. The van der Waals surface area contributed by atoms with Crippen LogP contribution in [0.5, 0.6) is 0 Å². The van der Waals surface area contributed by atoms with Crippen molar-refractivity contribution >= 4 is 50.7 Å². The summed E-state index contributed by atoms with van der Waals surface area (Å²) in [6.07, 6.45) is 2.95. The van der Waals surface area contributed by atoms with Crippen molar-refractivity contribution in [1.82, 2.24) is 10.2 Å². The number of benzene rings is 3. The van der Waals surface area contributed by atoms with Gasteiger partial charge in [0.25, 0.3) is 0 Å². The van der Waals surface area contributed by atoms with E-state index in [0.29, 0.717) is 33.4 Å². The first kappa shape index (κ1) is 32.4. The Balaban J connectivity index is 2.10. The van der Waals surface area contributed by atoms with Crippen molar-refractivity contribution in [3.05, 3.63) is 99.0 Å². The molecule has 0 unspecified atom stereocenters. The molecule has 1 atom stereocenters. The molecule has 0 aliphatic heterocycles. The third-order valence-electron chi connectivity index (χ3n) is 6.79. The van der Waals surface area contributed by atoms with Gasteiger partial charge in [-0.3, -0.25) is 13.9 Å². The molecule has 3 aromatic rings. The fraction of sp³-hybridized carbons (Fsp3) is 0.355. The Hall–Kier alpha value is -3.07. The molecule has 0 heterocycles. The van der Waals surface area contributed by atoms with Gasteiger partial charge in [0.1, 0.15) is 12.6 Å². The van der Waals surface area contributed by atoms with E-state index in [1.807, 2.05) is 50.2 Å². The maximum atomic E-state index is 14.2. The molecule has 0 saturated heterocycles. The van der Waals surface area contributed by atoms with Crippen LogP contribution in [0, 0.1) is 13.8 Å². The van der Waals surface area contributed by atoms with E-state index in [1.165, 1.54) is 4.90 Å². The van der Waals surface area contributed by atoms with Gasteiger partial charge in [0, 0.05) is 35.1 Å². The molecule has 0 radical (unpaired) electrons. The zero-order valence-corrected chi connectivity index (χ0v) is 26.2. The Bertz CT molecular complexity index is 1450. The second-order valence-corrected chi connectivity index (χ2v) is 12.9. The molecule has 7 nitrogen and oxygen atoms in total. The molecule has 0 saturated carbocycles. The van der Waals surface area contributed by atoms with Crippen LogP contribution in [0.25, 0.3) is 0 Å². The van der Waals surface area contributed by atoms with Crippen LogP contribution in [0.2, 0.25) is 10.0 Å². The Kier molecular flexibility index (Phi) is 11.6. The second kappa shape index (κ2) is 14.7. The van der Waals surface area contributed by atoms with Crippen LogP contribution in [0.4, 0.5) is 5.69 Å². The number of halogens is 2. The average Bonchev–Trinajstić information content (AvgIpc) is 2.91. The van der Waals surface area contributed by atoms with E-state index in [4.69, 9.17) is 23.2 Å². The van der Waals surface area contributed by atoms with Crippen molar-refractivity contribution in [3.8, 4) is 0 Å². The molecule has 2 amide bonds. The number of amides is 2. The molecule has 0 aliphatic carbocycles. The molecule has 10 heteroatoms. The van der Waals surface area contributed by atoms with Crippen molar-refractivity contribution in [2.24, 2.45) is 0 Å². The topological polar surface area (TPSA) is 86.8 Å². The largest absolute Gasteiger partial charge is 0.354 e. The smallest absolute Gasteiger partial charge is 0.244 e. The van der Waals surface area contributed by atoms with Gasteiger partial charge in [-0.25, -0.2) is 8.42 Å². The molecule has 0 fully saturated rings. The van der Waals surface area contributed by atoms with Crippen molar-refractivity contribution < 1.29 is 18.0 Å². The van der Waals surface area contributed by atoms with Crippen molar-refractivity contribution in [1.29, 1.82) is 0 Å². The lowest BCUT2D eigenvalue weighted by Crippen LogP contribution is -2.53. The highest BCUT2D eigenvalue weighted by atomic mass is 35.5. The van der Waals surface area contributed by atoms with Gasteiger partial charge in [-0.1, -0.05) is 90.6 Å². The number of hydrogen-bond acceptors (Lipinski definition) is 4. The molecule has 1 N–H and O–H groups in total. The van der Waals surface area contributed by atoms with Gasteiger partial charge in [-0.15, -0.1) is 0 Å². The minimum absolute atomic E-state index is 0.0828. The Morgan fingerprint density at radius 1 is 0.951 bits per heavy atom. The highest BCUT2D eigenvalue weighted by Gasteiger charge is 2.34. The summed E-state index contributed by atoms with van der Waals surface area (Å²) in [5.41, 5.74) is 3.39. The maximum Gasteiger partial charge on any atom is 0.244 e. The molecule has 3 rings (SSSR count). The lowest BCUT2D eigenvalue weighted by Gasteiger charge is -2.34. The minimum atomic E-state index is -3.86. The molecule has 0 aliphatic rings. The van der Waals surface area contributed by atoms with Gasteiger partial charge in [0.05, 0.1) is 11.9 Å². The monoisotopic (exact) mass is 617 g/mol. The summed E-state index contributed by atoms with van der Waals surface area (Å²) in [5, 5.41) is 3.64. The van der Waals surface area contributed by atoms with E-state index in [-0.39, 0.29) is 18.9 Å². The summed E-state index contributed by atoms with van der Waals surface area (Å²) < 4.78 is 27.1. The minimum Gasteiger partial charge on any atom is -0.354 e. The van der Waals surface area contributed by atoms with Crippen molar-refractivity contribution in [3.63, 3.8) is 0 Å². The van der Waals surface area contributed by atoms with Crippen LogP contribution in [-0.2, 0) is 32.6 Å². The quantitative estimate of drug-likeness (QED) is 0.241. The standard InChI is InChI=1S/C31H37Cl2N3O4S/c1-5-6-17-34-31(38)29(19-24-11-8-7-9-12-24)35(20-25-26(32)13-10-14-27(25)33)30(37)21-36(41(4,39)40)28-16-15-22(2)18-23(28)3/h7-16,18,29H,5-6,17,19-21H2,1-4H3,(H,34,38)/t29-/m0/s1. The van der Waals surface area contributed by atoms with Crippen LogP contribution >= 0.6 is 23.2 Å². The summed E-state index contributed by atoms with van der Waals surface area (Å²) in [5.74, 6) is -0.894. The first-order valence-electron chi connectivity index (χ1n) is 13.5. The van der Waals surface area contributed by atoms with E-state index in [2.05, 4.69) is 5.32 Å². The van der Waals surface area contributed by atoms with Crippen molar-refractivity contribution in [2.45, 2.75) is 52.6 Å². The van der Waals surface area contributed by atoms with E-state index < -0.39 is 28.5 Å². The number of anilines is 1.